The summed E-state index contributed by atoms with van der Waals surface area (Å²) < 4.78 is 11.4. The molecule has 31 heavy (non-hydrogen) atoms. The van der Waals surface area contributed by atoms with E-state index in [9.17, 15) is 0 Å². The summed E-state index contributed by atoms with van der Waals surface area (Å²) in [4.78, 5) is 0. The number of thiophene rings is 4. The Bertz CT molecular complexity index is 2010. The Labute approximate surface area is 193 Å². The second-order valence-electron chi connectivity index (χ2n) is 8.26. The van der Waals surface area contributed by atoms with Crippen LogP contribution in [0.1, 0.15) is 5.56 Å². The molecule has 8 rings (SSSR count). The van der Waals surface area contributed by atoms with Gasteiger partial charge in [0, 0.05) is 40.3 Å². The number of fused-ring (bicyclic) bond motifs is 11. The van der Waals surface area contributed by atoms with E-state index in [0.29, 0.717) is 0 Å². The molecule has 0 amide bonds. The van der Waals surface area contributed by atoms with Crippen molar-refractivity contribution in [2.45, 2.75) is 6.92 Å². The molecule has 0 aliphatic rings. The van der Waals surface area contributed by atoms with E-state index >= 15 is 0 Å². The predicted molar refractivity (Wildman–Crippen MR) is 145 cm³/mol. The van der Waals surface area contributed by atoms with E-state index in [1.54, 1.807) is 0 Å². The Balaban J connectivity index is 1.48. The van der Waals surface area contributed by atoms with E-state index < -0.39 is 0 Å². The minimum absolute atomic E-state index is 1.34. The van der Waals surface area contributed by atoms with Crippen molar-refractivity contribution in [3.63, 3.8) is 0 Å². The molecule has 4 aromatic heterocycles. The van der Waals surface area contributed by atoms with E-state index in [1.807, 2.05) is 45.3 Å². The maximum atomic E-state index is 2.43. The third-order valence-corrected chi connectivity index (χ3v) is 11.3. The van der Waals surface area contributed by atoms with E-state index in [0.717, 1.165) is 0 Å². The lowest BCUT2D eigenvalue weighted by molar-refractivity contribution is 1.52. The Morgan fingerprint density at radius 2 is 0.968 bits per heavy atom. The maximum Gasteiger partial charge on any atom is 0.0542 e. The van der Waals surface area contributed by atoms with Crippen LogP contribution in [-0.2, 0) is 0 Å². The normalized spacial score (nSPS) is 12.7. The minimum Gasteiger partial charge on any atom is -0.134 e. The van der Waals surface area contributed by atoms with Gasteiger partial charge in [-0.1, -0.05) is 30.3 Å². The van der Waals surface area contributed by atoms with E-state index in [2.05, 4.69) is 73.7 Å². The summed E-state index contributed by atoms with van der Waals surface area (Å²) in [5, 5.41) is 8.33. The number of aryl methyl sites for hydroxylation is 1. The molecule has 4 heteroatoms. The molecule has 0 N–H and O–H groups in total. The fourth-order valence-corrected chi connectivity index (χ4v) is 10.3. The van der Waals surface area contributed by atoms with Crippen molar-refractivity contribution in [2.24, 2.45) is 0 Å². The number of rotatable bonds is 0. The number of hydrogen-bond donors (Lipinski definition) is 0. The highest BCUT2D eigenvalue weighted by Gasteiger charge is 2.16. The molecule has 0 nitrogen and oxygen atoms in total. The van der Waals surface area contributed by atoms with Crippen LogP contribution in [0.3, 0.4) is 0 Å². The van der Waals surface area contributed by atoms with Gasteiger partial charge in [0.15, 0.2) is 0 Å². The topological polar surface area (TPSA) is 0 Å². The average molecular weight is 467 g/mol. The van der Waals surface area contributed by atoms with Crippen LogP contribution in [0.25, 0.3) is 69.9 Å². The maximum absolute atomic E-state index is 2.43. The monoisotopic (exact) mass is 466 g/mol. The highest BCUT2D eigenvalue weighted by molar-refractivity contribution is 7.37. The molecule has 0 saturated heterocycles. The van der Waals surface area contributed by atoms with Gasteiger partial charge in [0.1, 0.15) is 0 Å². The van der Waals surface area contributed by atoms with Gasteiger partial charge >= 0.3 is 0 Å². The summed E-state index contributed by atoms with van der Waals surface area (Å²) >= 11 is 7.77. The fraction of sp³-hybridized carbons (Fsp3) is 0.0370. The SMILES string of the molecule is Cc1ccc2c(c1)sc1c3cc4cc5sc6c7ccccc7sc6c5cc4cc3sc21. The summed E-state index contributed by atoms with van der Waals surface area (Å²) in [6.45, 7) is 2.18. The lowest BCUT2D eigenvalue weighted by Gasteiger charge is -2.00. The van der Waals surface area contributed by atoms with Gasteiger partial charge in [-0.15, -0.1) is 45.3 Å². The van der Waals surface area contributed by atoms with Gasteiger partial charge in [-0.2, -0.15) is 0 Å². The Kier molecular flexibility index (Phi) is 3.22. The quantitative estimate of drug-likeness (QED) is 0.208. The molecule has 0 saturated carbocycles. The molecule has 4 aromatic carbocycles. The van der Waals surface area contributed by atoms with Crippen molar-refractivity contribution >= 4 is 115 Å². The molecule has 0 fully saturated rings. The summed E-state index contributed by atoms with van der Waals surface area (Å²) in [5.41, 5.74) is 1.34. The van der Waals surface area contributed by atoms with Gasteiger partial charge in [-0.3, -0.25) is 0 Å². The zero-order valence-electron chi connectivity index (χ0n) is 16.5. The largest absolute Gasteiger partial charge is 0.134 e. The highest BCUT2D eigenvalue weighted by atomic mass is 32.1. The van der Waals surface area contributed by atoms with Crippen molar-refractivity contribution < 1.29 is 0 Å². The second-order valence-corrected chi connectivity index (χ2v) is 12.5. The van der Waals surface area contributed by atoms with Crippen molar-refractivity contribution in [3.8, 4) is 0 Å². The average Bonchev–Trinajstić information content (AvgIpc) is 3.48. The molecule has 8 aromatic rings. The van der Waals surface area contributed by atoms with E-state index in [-0.39, 0.29) is 0 Å². The van der Waals surface area contributed by atoms with Crippen molar-refractivity contribution in [1.82, 2.24) is 0 Å². The smallest absolute Gasteiger partial charge is 0.0542 e. The fourth-order valence-electron chi connectivity index (χ4n) is 4.81. The number of benzene rings is 4. The molecular formula is C27H14S4. The molecule has 146 valence electrons. The van der Waals surface area contributed by atoms with E-state index in [1.165, 1.54) is 75.5 Å². The summed E-state index contributed by atoms with van der Waals surface area (Å²) in [5.74, 6) is 0. The molecule has 4 heterocycles. The van der Waals surface area contributed by atoms with Crippen LogP contribution in [0.2, 0.25) is 0 Å². The third-order valence-electron chi connectivity index (χ3n) is 6.30. The molecule has 0 aliphatic carbocycles. The lowest BCUT2D eigenvalue weighted by atomic mass is 10.1. The van der Waals surface area contributed by atoms with Crippen LogP contribution >= 0.6 is 45.3 Å². The predicted octanol–water partition coefficient (Wildman–Crippen LogP) is 10.3. The first-order valence-electron chi connectivity index (χ1n) is 10.3. The standard InChI is InChI=1S/C27H14S4/c1-13-6-7-17-21(8-13)29-27-19-10-15-11-22-18(9-14(15)12-23(19)31-25(17)27)26-24(30-22)16-4-2-3-5-20(16)28-26/h2-12H,1H3. The van der Waals surface area contributed by atoms with Crippen molar-refractivity contribution in [3.05, 3.63) is 72.3 Å². The zero-order chi connectivity index (χ0) is 20.3. The van der Waals surface area contributed by atoms with Gasteiger partial charge in [0.05, 0.1) is 18.8 Å². The molecule has 0 bridgehead atoms. The third kappa shape index (κ3) is 2.23. The van der Waals surface area contributed by atoms with Crippen LogP contribution in [0.5, 0.6) is 0 Å². The van der Waals surface area contributed by atoms with Crippen molar-refractivity contribution in [2.75, 3.05) is 0 Å². The minimum atomic E-state index is 1.34. The summed E-state index contributed by atoms with van der Waals surface area (Å²) in [7, 11) is 0. The van der Waals surface area contributed by atoms with Gasteiger partial charge in [0.25, 0.3) is 0 Å². The molecule has 0 aliphatic heterocycles. The van der Waals surface area contributed by atoms with Crippen LogP contribution < -0.4 is 0 Å². The van der Waals surface area contributed by atoms with Gasteiger partial charge in [0.2, 0.25) is 0 Å². The van der Waals surface area contributed by atoms with Gasteiger partial charge in [-0.05, 0) is 59.7 Å². The van der Waals surface area contributed by atoms with Crippen LogP contribution in [-0.4, -0.2) is 0 Å². The first-order valence-corrected chi connectivity index (χ1v) is 13.5. The van der Waals surface area contributed by atoms with Crippen LogP contribution in [0.15, 0.2) is 66.7 Å². The van der Waals surface area contributed by atoms with Gasteiger partial charge in [-0.25, -0.2) is 0 Å². The van der Waals surface area contributed by atoms with Crippen LogP contribution in [0, 0.1) is 6.92 Å². The first-order chi connectivity index (χ1) is 15.2. The first kappa shape index (κ1) is 17.1. The van der Waals surface area contributed by atoms with Gasteiger partial charge < -0.3 is 0 Å². The highest BCUT2D eigenvalue weighted by Crippen LogP contribution is 2.48. The zero-order valence-corrected chi connectivity index (χ0v) is 19.7. The lowest BCUT2D eigenvalue weighted by Crippen LogP contribution is -1.73. The van der Waals surface area contributed by atoms with Crippen molar-refractivity contribution in [1.29, 1.82) is 0 Å². The summed E-state index contributed by atoms with van der Waals surface area (Å²) in [6.07, 6.45) is 0. The Morgan fingerprint density at radius 1 is 0.452 bits per heavy atom. The van der Waals surface area contributed by atoms with Crippen LogP contribution in [0.4, 0.5) is 0 Å². The molecule has 0 spiro atoms. The molecule has 0 unspecified atom stereocenters. The Morgan fingerprint density at radius 3 is 1.65 bits per heavy atom. The molecule has 0 radical (unpaired) electrons. The van der Waals surface area contributed by atoms with E-state index in [4.69, 9.17) is 0 Å². The number of hydrogen-bond acceptors (Lipinski definition) is 4. The molecular weight excluding hydrogens is 453 g/mol. The molecule has 0 atom stereocenters. The second kappa shape index (κ2) is 5.84. The Hall–Kier alpha value is -2.50. The summed E-state index contributed by atoms with van der Waals surface area (Å²) in [6, 6.07) is 25.3.